The molecular formula is C18H18FN3O3S. The van der Waals surface area contributed by atoms with Crippen molar-refractivity contribution < 1.29 is 17.6 Å². The van der Waals surface area contributed by atoms with E-state index in [1.165, 1.54) is 18.2 Å². The molecule has 0 radical (unpaired) electrons. The lowest BCUT2D eigenvalue weighted by atomic mass is 10.0. The number of hydrogen-bond acceptors (Lipinski definition) is 4. The number of nitriles is 1. The second-order valence-electron chi connectivity index (χ2n) is 5.96. The minimum atomic E-state index is -4.22. The van der Waals surface area contributed by atoms with E-state index in [1.54, 1.807) is 32.0 Å². The average molecular weight is 375 g/mol. The summed E-state index contributed by atoms with van der Waals surface area (Å²) in [4.78, 5) is 12.0. The number of sulfonamides is 1. The van der Waals surface area contributed by atoms with E-state index in [2.05, 4.69) is 10.0 Å². The fourth-order valence-corrected chi connectivity index (χ4v) is 3.70. The van der Waals surface area contributed by atoms with Crippen LogP contribution in [0.25, 0.3) is 0 Å². The van der Waals surface area contributed by atoms with Gasteiger partial charge in [0.25, 0.3) is 0 Å². The summed E-state index contributed by atoms with van der Waals surface area (Å²) in [6, 6.07) is 12.0. The smallest absolute Gasteiger partial charge is 0.244 e. The maximum absolute atomic E-state index is 13.8. The summed E-state index contributed by atoms with van der Waals surface area (Å²) in [5.41, 5.74) is 0.723. The van der Waals surface area contributed by atoms with Crippen molar-refractivity contribution in [3.63, 3.8) is 0 Å². The van der Waals surface area contributed by atoms with Crippen molar-refractivity contribution in [2.24, 2.45) is 5.92 Å². The summed E-state index contributed by atoms with van der Waals surface area (Å²) in [7, 11) is -4.22. The first-order valence-electron chi connectivity index (χ1n) is 7.82. The predicted octanol–water partition coefficient (Wildman–Crippen LogP) is 2.64. The van der Waals surface area contributed by atoms with Gasteiger partial charge in [-0.05, 0) is 36.2 Å². The van der Waals surface area contributed by atoms with Crippen molar-refractivity contribution in [1.82, 2.24) is 4.72 Å². The fraction of sp³-hybridized carbons (Fsp3) is 0.222. The molecule has 0 aliphatic rings. The average Bonchev–Trinajstić information content (AvgIpc) is 2.59. The molecule has 0 aliphatic carbocycles. The first kappa shape index (κ1) is 19.6. The van der Waals surface area contributed by atoms with Crippen LogP contribution < -0.4 is 10.0 Å². The van der Waals surface area contributed by atoms with Crippen LogP contribution in [0.2, 0.25) is 0 Å². The minimum Gasteiger partial charge on any atom is -0.325 e. The Labute approximate surface area is 151 Å². The maximum Gasteiger partial charge on any atom is 0.244 e. The van der Waals surface area contributed by atoms with E-state index in [9.17, 15) is 17.6 Å². The lowest BCUT2D eigenvalue weighted by molar-refractivity contribution is -0.118. The molecular weight excluding hydrogens is 357 g/mol. The number of anilines is 1. The van der Waals surface area contributed by atoms with Gasteiger partial charge in [0, 0.05) is 5.69 Å². The molecule has 0 bridgehead atoms. The van der Waals surface area contributed by atoms with E-state index in [1.807, 2.05) is 6.07 Å². The largest absolute Gasteiger partial charge is 0.325 e. The van der Waals surface area contributed by atoms with Gasteiger partial charge in [0.2, 0.25) is 15.9 Å². The normalized spacial score (nSPS) is 12.4. The second-order valence-corrected chi connectivity index (χ2v) is 7.64. The van der Waals surface area contributed by atoms with Gasteiger partial charge < -0.3 is 5.32 Å². The summed E-state index contributed by atoms with van der Waals surface area (Å²) < 4.78 is 41.0. The van der Waals surface area contributed by atoms with Crippen LogP contribution in [0.5, 0.6) is 0 Å². The van der Waals surface area contributed by atoms with Gasteiger partial charge in [-0.3, -0.25) is 4.79 Å². The maximum atomic E-state index is 13.8. The second kappa shape index (κ2) is 8.08. The molecule has 6 nitrogen and oxygen atoms in total. The Morgan fingerprint density at radius 3 is 2.46 bits per heavy atom. The number of hydrogen-bond donors (Lipinski definition) is 2. The Morgan fingerprint density at radius 1 is 1.15 bits per heavy atom. The number of amides is 1. The number of carbonyl (C=O) groups is 1. The van der Waals surface area contributed by atoms with Gasteiger partial charge >= 0.3 is 0 Å². The number of nitrogens with zero attached hydrogens (tertiary/aromatic N) is 1. The van der Waals surface area contributed by atoms with Gasteiger partial charge in [0.05, 0.1) is 11.6 Å². The van der Waals surface area contributed by atoms with Crippen molar-refractivity contribution in [3.8, 4) is 6.07 Å². The summed E-state index contributed by atoms with van der Waals surface area (Å²) >= 11 is 0. The van der Waals surface area contributed by atoms with Crippen LogP contribution in [0, 0.1) is 23.1 Å². The summed E-state index contributed by atoms with van der Waals surface area (Å²) in [6.07, 6.45) is 0. The molecule has 0 aliphatic heterocycles. The Hall–Kier alpha value is -2.76. The topological polar surface area (TPSA) is 99.1 Å². The number of halogens is 1. The highest BCUT2D eigenvalue weighted by atomic mass is 32.2. The molecule has 0 aromatic heterocycles. The van der Waals surface area contributed by atoms with E-state index in [4.69, 9.17) is 5.26 Å². The highest BCUT2D eigenvalue weighted by Gasteiger charge is 2.29. The van der Waals surface area contributed by atoms with Crippen LogP contribution in [0.3, 0.4) is 0 Å². The van der Waals surface area contributed by atoms with E-state index in [0.717, 1.165) is 12.1 Å². The minimum absolute atomic E-state index is 0.357. The van der Waals surface area contributed by atoms with E-state index in [-0.39, 0.29) is 0 Å². The molecule has 0 saturated carbocycles. The van der Waals surface area contributed by atoms with E-state index >= 15 is 0 Å². The van der Waals surface area contributed by atoms with Crippen molar-refractivity contribution in [2.45, 2.75) is 24.8 Å². The third-order valence-corrected chi connectivity index (χ3v) is 5.09. The van der Waals surface area contributed by atoms with Crippen molar-refractivity contribution in [2.75, 3.05) is 5.32 Å². The lowest BCUT2D eigenvalue weighted by Gasteiger charge is -2.22. The molecule has 2 aromatic rings. The van der Waals surface area contributed by atoms with Gasteiger partial charge in [0.15, 0.2) is 0 Å². The highest BCUT2D eigenvalue weighted by Crippen LogP contribution is 2.17. The number of benzene rings is 2. The van der Waals surface area contributed by atoms with E-state index in [0.29, 0.717) is 11.3 Å². The molecule has 0 spiro atoms. The lowest BCUT2D eigenvalue weighted by Crippen LogP contribution is -2.47. The van der Waals surface area contributed by atoms with Crippen LogP contribution in [0.1, 0.15) is 19.4 Å². The Morgan fingerprint density at radius 2 is 1.85 bits per heavy atom. The first-order chi connectivity index (χ1) is 12.2. The van der Waals surface area contributed by atoms with Crippen LogP contribution in [0.15, 0.2) is 53.4 Å². The molecule has 136 valence electrons. The Balaban J connectivity index is 2.24. The zero-order valence-corrected chi connectivity index (χ0v) is 15.0. The van der Waals surface area contributed by atoms with Gasteiger partial charge in [-0.1, -0.05) is 32.0 Å². The molecule has 2 rings (SSSR count). The summed E-state index contributed by atoms with van der Waals surface area (Å²) in [6.45, 7) is 3.33. The summed E-state index contributed by atoms with van der Waals surface area (Å²) in [5, 5.41) is 11.5. The molecule has 0 heterocycles. The number of nitrogens with one attached hydrogen (secondary N) is 2. The van der Waals surface area contributed by atoms with Crippen molar-refractivity contribution in [1.29, 1.82) is 5.26 Å². The van der Waals surface area contributed by atoms with Crippen molar-refractivity contribution in [3.05, 3.63) is 59.9 Å². The molecule has 2 N–H and O–H groups in total. The van der Waals surface area contributed by atoms with Crippen molar-refractivity contribution >= 4 is 21.6 Å². The third kappa shape index (κ3) is 4.65. The zero-order valence-electron chi connectivity index (χ0n) is 14.2. The van der Waals surface area contributed by atoms with Crippen LogP contribution in [0.4, 0.5) is 10.1 Å². The van der Waals surface area contributed by atoms with Gasteiger partial charge in [-0.2, -0.15) is 9.98 Å². The van der Waals surface area contributed by atoms with Crippen LogP contribution in [-0.4, -0.2) is 20.4 Å². The molecule has 1 unspecified atom stereocenters. The number of carbonyl (C=O) groups excluding carboxylic acids is 1. The summed E-state index contributed by atoms with van der Waals surface area (Å²) in [5.74, 6) is -1.89. The van der Waals surface area contributed by atoms with Gasteiger partial charge in [-0.15, -0.1) is 0 Å². The highest BCUT2D eigenvalue weighted by molar-refractivity contribution is 7.89. The molecule has 8 heteroatoms. The Kier molecular flexibility index (Phi) is 6.08. The third-order valence-electron chi connectivity index (χ3n) is 3.62. The van der Waals surface area contributed by atoms with Crippen LogP contribution in [-0.2, 0) is 14.8 Å². The quantitative estimate of drug-likeness (QED) is 0.811. The van der Waals surface area contributed by atoms with Gasteiger partial charge in [-0.25, -0.2) is 12.8 Å². The zero-order chi connectivity index (χ0) is 19.3. The molecule has 2 aromatic carbocycles. The van der Waals surface area contributed by atoms with Gasteiger partial charge in [0.1, 0.15) is 16.8 Å². The Bertz CT molecular complexity index is 952. The molecule has 1 amide bonds. The molecule has 26 heavy (non-hydrogen) atoms. The SMILES string of the molecule is CC(C)C(NS(=O)(=O)c1ccccc1F)C(=O)Nc1cccc(C#N)c1. The molecule has 1 atom stereocenters. The van der Waals surface area contributed by atoms with Crippen LogP contribution >= 0.6 is 0 Å². The first-order valence-corrected chi connectivity index (χ1v) is 9.31. The number of rotatable bonds is 6. The monoisotopic (exact) mass is 375 g/mol. The standard InChI is InChI=1S/C18H18FN3O3S/c1-12(2)17(18(23)21-14-7-5-6-13(10-14)11-20)22-26(24,25)16-9-4-3-8-15(16)19/h3-10,12,17,22H,1-2H3,(H,21,23). The molecule has 0 fully saturated rings. The predicted molar refractivity (Wildman–Crippen MR) is 95.1 cm³/mol. The van der Waals surface area contributed by atoms with E-state index < -0.39 is 38.6 Å². The molecule has 0 saturated heterocycles. The fourth-order valence-electron chi connectivity index (χ4n) is 2.27.